The average molecular weight is 585 g/mol. The van der Waals surface area contributed by atoms with Crippen LogP contribution in [-0.2, 0) is 32.1 Å². The minimum Gasteiger partial charge on any atom is -0.354 e. The third-order valence-electron chi connectivity index (χ3n) is 7.60. The monoisotopic (exact) mass is 583 g/mol. The van der Waals surface area contributed by atoms with Gasteiger partial charge in [-0.1, -0.05) is 85.1 Å². The van der Waals surface area contributed by atoms with Gasteiger partial charge in [0.15, 0.2) is 0 Å². The summed E-state index contributed by atoms with van der Waals surface area (Å²) in [6.45, 7) is 2.59. The number of carbonyl (C=O) groups is 4. The number of imide groups is 1. The molecule has 2 aliphatic rings. The van der Waals surface area contributed by atoms with Gasteiger partial charge in [0.05, 0.1) is 11.8 Å². The van der Waals surface area contributed by atoms with Gasteiger partial charge >= 0.3 is 0 Å². The minimum atomic E-state index is -0.824. The second-order valence-electron chi connectivity index (χ2n) is 10.3. The standard InChI is InChI=1S/C31H35Cl2N3O4/c1-2-3-16-34-29(38)27(18-21-9-5-4-6-10-21)36(20-22-13-14-23(32)19-26(22)33)28(37)15-17-35-30(39)24-11-7-8-12-25(24)31(35)40/h4-10,13-14,19,24-25,27H,2-3,11-12,15-18,20H2,1H3,(H,34,38)/t24-,25+,27-/m0/s1. The number of carbonyl (C=O) groups excluding carboxylic acids is 4. The van der Waals surface area contributed by atoms with E-state index in [0.717, 1.165) is 18.4 Å². The van der Waals surface area contributed by atoms with E-state index in [1.165, 1.54) is 9.80 Å². The molecule has 1 saturated heterocycles. The number of hydrogen-bond donors (Lipinski definition) is 1. The van der Waals surface area contributed by atoms with E-state index in [2.05, 4.69) is 5.32 Å². The topological polar surface area (TPSA) is 86.8 Å². The van der Waals surface area contributed by atoms with Gasteiger partial charge in [0.25, 0.3) is 0 Å². The summed E-state index contributed by atoms with van der Waals surface area (Å²) in [5, 5.41) is 3.83. The van der Waals surface area contributed by atoms with Crippen molar-refractivity contribution in [2.75, 3.05) is 13.1 Å². The lowest BCUT2D eigenvalue weighted by Crippen LogP contribution is -2.51. The Morgan fingerprint density at radius 2 is 1.70 bits per heavy atom. The van der Waals surface area contributed by atoms with Gasteiger partial charge in [-0.15, -0.1) is 0 Å². The number of fused-ring (bicyclic) bond motifs is 1. The molecule has 7 nitrogen and oxygen atoms in total. The van der Waals surface area contributed by atoms with Crippen molar-refractivity contribution in [2.45, 2.75) is 58.0 Å². The second kappa shape index (κ2) is 14.0. The predicted octanol–water partition coefficient (Wildman–Crippen LogP) is 5.19. The number of allylic oxidation sites excluding steroid dienone is 2. The minimum absolute atomic E-state index is 0.0239. The molecule has 1 fully saturated rings. The van der Waals surface area contributed by atoms with Crippen LogP contribution in [0.4, 0.5) is 0 Å². The highest BCUT2D eigenvalue weighted by Crippen LogP contribution is 2.35. The highest BCUT2D eigenvalue weighted by Gasteiger charge is 2.47. The van der Waals surface area contributed by atoms with Gasteiger partial charge in [0.2, 0.25) is 23.6 Å². The fourth-order valence-electron chi connectivity index (χ4n) is 5.33. The van der Waals surface area contributed by atoms with Crippen molar-refractivity contribution in [1.29, 1.82) is 0 Å². The van der Waals surface area contributed by atoms with E-state index in [-0.39, 0.29) is 55.0 Å². The molecule has 1 aliphatic carbocycles. The number of benzene rings is 2. The molecule has 2 aromatic carbocycles. The van der Waals surface area contributed by atoms with Crippen LogP contribution in [0.25, 0.3) is 0 Å². The van der Waals surface area contributed by atoms with Crippen molar-refractivity contribution in [1.82, 2.24) is 15.1 Å². The van der Waals surface area contributed by atoms with E-state index in [4.69, 9.17) is 23.2 Å². The van der Waals surface area contributed by atoms with Crippen LogP contribution in [0.3, 0.4) is 0 Å². The molecule has 4 rings (SSSR count). The maximum Gasteiger partial charge on any atom is 0.243 e. The number of likely N-dealkylation sites (tertiary alicyclic amines) is 1. The molecule has 4 amide bonds. The SMILES string of the molecule is CCCCNC(=O)[C@H](Cc1ccccc1)N(Cc1ccc(Cl)cc1Cl)C(=O)CCN1C(=O)[C@H]2CC=CC[C@H]2C1=O. The van der Waals surface area contributed by atoms with E-state index < -0.39 is 6.04 Å². The summed E-state index contributed by atoms with van der Waals surface area (Å²) in [5.41, 5.74) is 1.55. The van der Waals surface area contributed by atoms with Crippen molar-refractivity contribution in [3.8, 4) is 0 Å². The first-order chi connectivity index (χ1) is 19.3. The van der Waals surface area contributed by atoms with Crippen LogP contribution >= 0.6 is 23.2 Å². The van der Waals surface area contributed by atoms with Gasteiger partial charge in [-0.3, -0.25) is 24.1 Å². The fourth-order valence-corrected chi connectivity index (χ4v) is 5.80. The second-order valence-corrected chi connectivity index (χ2v) is 11.2. The molecule has 1 aliphatic heterocycles. The summed E-state index contributed by atoms with van der Waals surface area (Å²) < 4.78 is 0. The molecule has 0 aromatic heterocycles. The van der Waals surface area contributed by atoms with Crippen LogP contribution in [0.2, 0.25) is 10.0 Å². The Morgan fingerprint density at radius 3 is 2.33 bits per heavy atom. The number of nitrogens with one attached hydrogen (secondary N) is 1. The third-order valence-corrected chi connectivity index (χ3v) is 8.19. The highest BCUT2D eigenvalue weighted by atomic mass is 35.5. The zero-order valence-corrected chi connectivity index (χ0v) is 24.2. The Labute approximate surface area is 245 Å². The largest absolute Gasteiger partial charge is 0.354 e. The third kappa shape index (κ3) is 7.12. The molecule has 0 unspecified atom stereocenters. The predicted molar refractivity (Wildman–Crippen MR) is 156 cm³/mol. The molecule has 0 spiro atoms. The molecule has 0 bridgehead atoms. The number of unbranched alkanes of at least 4 members (excludes halogenated alkanes) is 1. The van der Waals surface area contributed by atoms with Crippen LogP contribution in [-0.4, -0.2) is 52.6 Å². The van der Waals surface area contributed by atoms with Crippen LogP contribution in [0.15, 0.2) is 60.7 Å². The maximum atomic E-state index is 13.9. The Balaban J connectivity index is 1.59. The Hall–Kier alpha value is -3.16. The van der Waals surface area contributed by atoms with Crippen LogP contribution < -0.4 is 5.32 Å². The summed E-state index contributed by atoms with van der Waals surface area (Å²) in [6, 6.07) is 13.7. The highest BCUT2D eigenvalue weighted by molar-refractivity contribution is 6.35. The van der Waals surface area contributed by atoms with Gasteiger partial charge in [-0.05, 0) is 42.5 Å². The molecule has 2 aromatic rings. The van der Waals surface area contributed by atoms with Gasteiger partial charge in [0.1, 0.15) is 6.04 Å². The molecule has 3 atom stereocenters. The number of hydrogen-bond acceptors (Lipinski definition) is 4. The van der Waals surface area contributed by atoms with E-state index in [0.29, 0.717) is 41.4 Å². The van der Waals surface area contributed by atoms with E-state index in [1.54, 1.807) is 18.2 Å². The van der Waals surface area contributed by atoms with Gasteiger partial charge < -0.3 is 10.2 Å². The summed E-state index contributed by atoms with van der Waals surface area (Å²) in [5.74, 6) is -1.76. The van der Waals surface area contributed by atoms with E-state index in [1.807, 2.05) is 49.4 Å². The smallest absolute Gasteiger partial charge is 0.243 e. The number of halogens is 2. The zero-order chi connectivity index (χ0) is 28.6. The molecule has 212 valence electrons. The molecule has 40 heavy (non-hydrogen) atoms. The average Bonchev–Trinajstić information content (AvgIpc) is 3.20. The molecule has 1 heterocycles. The Morgan fingerprint density at radius 1 is 1.02 bits per heavy atom. The Kier molecular flexibility index (Phi) is 10.4. The lowest BCUT2D eigenvalue weighted by molar-refractivity contribution is -0.144. The van der Waals surface area contributed by atoms with Crippen molar-refractivity contribution in [3.05, 3.63) is 81.9 Å². The van der Waals surface area contributed by atoms with Gasteiger partial charge in [0, 0.05) is 42.5 Å². The van der Waals surface area contributed by atoms with Gasteiger partial charge in [-0.25, -0.2) is 0 Å². The molecule has 0 saturated carbocycles. The van der Waals surface area contributed by atoms with Gasteiger partial charge in [-0.2, -0.15) is 0 Å². The normalized spacial score (nSPS) is 18.9. The first-order valence-corrected chi connectivity index (χ1v) is 14.6. The summed E-state index contributed by atoms with van der Waals surface area (Å²) in [7, 11) is 0. The van der Waals surface area contributed by atoms with Crippen LogP contribution in [0.1, 0.15) is 50.2 Å². The van der Waals surface area contributed by atoms with E-state index in [9.17, 15) is 19.2 Å². The molecule has 9 heteroatoms. The maximum absolute atomic E-state index is 13.9. The summed E-state index contributed by atoms with van der Waals surface area (Å²) in [4.78, 5) is 56.1. The van der Waals surface area contributed by atoms with Crippen molar-refractivity contribution >= 4 is 46.8 Å². The van der Waals surface area contributed by atoms with Crippen molar-refractivity contribution in [2.24, 2.45) is 11.8 Å². The zero-order valence-electron chi connectivity index (χ0n) is 22.7. The van der Waals surface area contributed by atoms with Crippen LogP contribution in [0.5, 0.6) is 0 Å². The molecular weight excluding hydrogens is 549 g/mol. The number of nitrogens with zero attached hydrogens (tertiary/aromatic N) is 2. The molecule has 0 radical (unpaired) electrons. The molecular formula is C31H35Cl2N3O4. The number of amides is 4. The molecule has 1 N–H and O–H groups in total. The first-order valence-electron chi connectivity index (χ1n) is 13.8. The lowest BCUT2D eigenvalue weighted by atomic mass is 9.85. The van der Waals surface area contributed by atoms with Crippen molar-refractivity contribution in [3.63, 3.8) is 0 Å². The van der Waals surface area contributed by atoms with E-state index >= 15 is 0 Å². The number of rotatable bonds is 12. The lowest BCUT2D eigenvalue weighted by Gasteiger charge is -2.32. The summed E-state index contributed by atoms with van der Waals surface area (Å²) >= 11 is 12.6. The summed E-state index contributed by atoms with van der Waals surface area (Å²) in [6.07, 6.45) is 6.89. The Bertz CT molecular complexity index is 1240. The quantitative estimate of drug-likeness (QED) is 0.211. The van der Waals surface area contributed by atoms with Crippen molar-refractivity contribution < 1.29 is 19.2 Å². The first kappa shape index (κ1) is 29.8. The fraction of sp³-hybridized carbons (Fsp3) is 0.419. The van der Waals surface area contributed by atoms with Crippen LogP contribution in [0, 0.1) is 11.8 Å².